The third kappa shape index (κ3) is 6.99. The molecule has 1 heterocycles. The summed E-state index contributed by atoms with van der Waals surface area (Å²) in [6, 6.07) is -1.99. The Hall–Kier alpha value is -1.67. The van der Waals surface area contributed by atoms with E-state index in [0.717, 1.165) is 25.8 Å². The Balaban J connectivity index is 2.72. The van der Waals surface area contributed by atoms with Gasteiger partial charge in [-0.3, -0.25) is 9.59 Å². The van der Waals surface area contributed by atoms with Gasteiger partial charge in [0.1, 0.15) is 12.1 Å². The summed E-state index contributed by atoms with van der Waals surface area (Å²) in [6.45, 7) is 4.96. The third-order valence-corrected chi connectivity index (χ3v) is 4.73. The summed E-state index contributed by atoms with van der Waals surface area (Å²) in [5, 5.41) is 17.8. The number of carboxylic acids is 1. The number of nitrogens with one attached hydrogen (secondary N) is 3. The van der Waals surface area contributed by atoms with Crippen LogP contribution in [0.3, 0.4) is 0 Å². The van der Waals surface area contributed by atoms with Crippen LogP contribution in [0.1, 0.15) is 52.4 Å². The highest BCUT2D eigenvalue weighted by Crippen LogP contribution is 2.11. The van der Waals surface area contributed by atoms with Gasteiger partial charge in [0, 0.05) is 0 Å². The Labute approximate surface area is 149 Å². The summed E-state index contributed by atoms with van der Waals surface area (Å²) in [7, 11) is 0. The van der Waals surface area contributed by atoms with Crippen LogP contribution in [0.15, 0.2) is 0 Å². The van der Waals surface area contributed by atoms with Crippen molar-refractivity contribution in [2.75, 3.05) is 13.1 Å². The Morgan fingerprint density at radius 3 is 2.52 bits per heavy atom. The van der Waals surface area contributed by atoms with Crippen molar-refractivity contribution in [3.63, 3.8) is 0 Å². The number of unbranched alkanes of at least 4 members (excludes halogenated alkanes) is 1. The van der Waals surface area contributed by atoms with Crippen molar-refractivity contribution in [1.82, 2.24) is 16.0 Å². The summed E-state index contributed by atoms with van der Waals surface area (Å²) in [5.41, 5.74) is 5.49. The predicted molar refractivity (Wildman–Crippen MR) is 94.9 cm³/mol. The smallest absolute Gasteiger partial charge is 0.326 e. The first-order valence-electron chi connectivity index (χ1n) is 9.17. The van der Waals surface area contributed by atoms with Gasteiger partial charge in [0.2, 0.25) is 11.8 Å². The van der Waals surface area contributed by atoms with Gasteiger partial charge in [-0.25, -0.2) is 4.79 Å². The molecule has 0 radical (unpaired) electrons. The maximum atomic E-state index is 12.6. The fourth-order valence-electron chi connectivity index (χ4n) is 2.88. The maximum absolute atomic E-state index is 12.6. The first-order valence-corrected chi connectivity index (χ1v) is 9.17. The molecule has 0 aromatic carbocycles. The van der Waals surface area contributed by atoms with Crippen LogP contribution in [-0.4, -0.2) is 54.1 Å². The van der Waals surface area contributed by atoms with E-state index in [1.165, 1.54) is 0 Å². The second kappa shape index (κ2) is 11.0. The van der Waals surface area contributed by atoms with Gasteiger partial charge in [0.25, 0.3) is 0 Å². The minimum atomic E-state index is -1.06. The van der Waals surface area contributed by atoms with Gasteiger partial charge in [-0.05, 0) is 51.1 Å². The molecule has 1 aliphatic rings. The van der Waals surface area contributed by atoms with Crippen LogP contribution in [0, 0.1) is 5.92 Å². The van der Waals surface area contributed by atoms with E-state index in [0.29, 0.717) is 25.8 Å². The molecule has 1 fully saturated rings. The van der Waals surface area contributed by atoms with Crippen molar-refractivity contribution in [3.8, 4) is 0 Å². The van der Waals surface area contributed by atoms with Crippen LogP contribution >= 0.6 is 0 Å². The van der Waals surface area contributed by atoms with Crippen molar-refractivity contribution >= 4 is 17.8 Å². The monoisotopic (exact) mass is 356 g/mol. The standard InChI is InChI=1S/C17H32N4O4/c1-3-11(2)14(17(24)25)21-16(23)13(7-4-5-9-18)20-15(22)12-8-6-10-19-12/h11-14,19H,3-10,18H2,1-2H3,(H,20,22)(H,21,23)(H,24,25). The van der Waals surface area contributed by atoms with Crippen molar-refractivity contribution in [3.05, 3.63) is 0 Å². The lowest BCUT2D eigenvalue weighted by Gasteiger charge is -2.25. The SMILES string of the molecule is CCC(C)C(NC(=O)C(CCCCN)NC(=O)C1CCCN1)C(=O)O. The Morgan fingerprint density at radius 1 is 1.28 bits per heavy atom. The molecule has 144 valence electrons. The number of amides is 2. The molecule has 0 saturated carbocycles. The van der Waals surface area contributed by atoms with Crippen LogP contribution < -0.4 is 21.7 Å². The van der Waals surface area contributed by atoms with Crippen molar-refractivity contribution in [1.29, 1.82) is 0 Å². The maximum Gasteiger partial charge on any atom is 0.326 e. The van der Waals surface area contributed by atoms with Crippen LogP contribution in [0.25, 0.3) is 0 Å². The fraction of sp³-hybridized carbons (Fsp3) is 0.824. The average molecular weight is 356 g/mol. The zero-order valence-electron chi connectivity index (χ0n) is 15.2. The first kappa shape index (κ1) is 21.4. The van der Waals surface area contributed by atoms with E-state index in [4.69, 9.17) is 5.73 Å². The molecule has 8 nitrogen and oxygen atoms in total. The Morgan fingerprint density at radius 2 is 2.00 bits per heavy atom. The molecule has 4 atom stereocenters. The minimum absolute atomic E-state index is 0.196. The van der Waals surface area contributed by atoms with E-state index in [-0.39, 0.29) is 17.9 Å². The minimum Gasteiger partial charge on any atom is -0.480 e. The molecule has 4 unspecified atom stereocenters. The number of nitrogens with two attached hydrogens (primary N) is 1. The number of carbonyl (C=O) groups is 3. The summed E-state index contributed by atoms with van der Waals surface area (Å²) >= 11 is 0. The molecule has 0 aliphatic carbocycles. The number of hydrogen-bond donors (Lipinski definition) is 5. The van der Waals surface area contributed by atoms with E-state index >= 15 is 0 Å². The molecule has 1 rings (SSSR count). The third-order valence-electron chi connectivity index (χ3n) is 4.73. The largest absolute Gasteiger partial charge is 0.480 e. The van der Waals surface area contributed by atoms with Gasteiger partial charge in [-0.1, -0.05) is 20.3 Å². The van der Waals surface area contributed by atoms with E-state index in [1.54, 1.807) is 6.92 Å². The lowest BCUT2D eigenvalue weighted by Crippen LogP contribution is -2.55. The zero-order chi connectivity index (χ0) is 18.8. The number of rotatable bonds is 11. The quantitative estimate of drug-likeness (QED) is 0.330. The number of hydrogen-bond acceptors (Lipinski definition) is 5. The second-order valence-electron chi connectivity index (χ2n) is 6.70. The highest BCUT2D eigenvalue weighted by Gasteiger charge is 2.31. The highest BCUT2D eigenvalue weighted by atomic mass is 16.4. The normalized spacial score (nSPS) is 20.5. The van der Waals surface area contributed by atoms with E-state index in [9.17, 15) is 19.5 Å². The summed E-state index contributed by atoms with van der Waals surface area (Å²) < 4.78 is 0. The molecule has 0 aromatic rings. The molecule has 25 heavy (non-hydrogen) atoms. The number of carboxylic acid groups (broad SMARTS) is 1. The molecule has 8 heteroatoms. The highest BCUT2D eigenvalue weighted by molar-refractivity contribution is 5.91. The lowest BCUT2D eigenvalue weighted by atomic mass is 9.98. The topological polar surface area (TPSA) is 134 Å². The van der Waals surface area contributed by atoms with Crippen molar-refractivity contribution < 1.29 is 19.5 Å². The Bertz CT molecular complexity index is 452. The molecule has 1 aliphatic heterocycles. The van der Waals surface area contributed by atoms with Crippen LogP contribution in [0.4, 0.5) is 0 Å². The van der Waals surface area contributed by atoms with Crippen LogP contribution in [-0.2, 0) is 14.4 Å². The summed E-state index contributed by atoms with van der Waals surface area (Å²) in [4.78, 5) is 36.3. The number of carbonyl (C=O) groups excluding carboxylic acids is 2. The van der Waals surface area contributed by atoms with Gasteiger partial charge in [-0.2, -0.15) is 0 Å². The summed E-state index contributed by atoms with van der Waals surface area (Å²) in [6.07, 6.45) is 4.18. The van der Waals surface area contributed by atoms with Gasteiger partial charge < -0.3 is 26.8 Å². The first-order chi connectivity index (χ1) is 11.9. The van der Waals surface area contributed by atoms with Crippen LogP contribution in [0.2, 0.25) is 0 Å². The molecule has 1 saturated heterocycles. The molecule has 6 N–H and O–H groups in total. The van der Waals surface area contributed by atoms with Crippen LogP contribution in [0.5, 0.6) is 0 Å². The molecule has 2 amide bonds. The summed E-state index contributed by atoms with van der Waals surface area (Å²) in [5.74, 6) is -1.91. The van der Waals surface area contributed by atoms with Gasteiger partial charge >= 0.3 is 5.97 Å². The molecular weight excluding hydrogens is 324 g/mol. The average Bonchev–Trinajstić information content (AvgIpc) is 3.12. The molecule has 0 bridgehead atoms. The van der Waals surface area contributed by atoms with E-state index in [2.05, 4.69) is 16.0 Å². The van der Waals surface area contributed by atoms with Gasteiger partial charge in [0.05, 0.1) is 6.04 Å². The van der Waals surface area contributed by atoms with Crippen molar-refractivity contribution in [2.24, 2.45) is 11.7 Å². The fourth-order valence-corrected chi connectivity index (χ4v) is 2.88. The van der Waals surface area contributed by atoms with Gasteiger partial charge in [-0.15, -0.1) is 0 Å². The van der Waals surface area contributed by atoms with Crippen molar-refractivity contribution in [2.45, 2.75) is 70.5 Å². The predicted octanol–water partition coefficient (Wildman–Crippen LogP) is -0.0323. The van der Waals surface area contributed by atoms with E-state index < -0.39 is 24.0 Å². The second-order valence-corrected chi connectivity index (χ2v) is 6.70. The number of aliphatic carboxylic acids is 1. The molecule has 0 aromatic heterocycles. The zero-order valence-corrected chi connectivity index (χ0v) is 15.2. The lowest BCUT2D eigenvalue weighted by molar-refractivity contribution is -0.143. The van der Waals surface area contributed by atoms with E-state index in [1.807, 2.05) is 6.92 Å². The molecular formula is C17H32N4O4. The Kier molecular flexibility index (Phi) is 9.44. The van der Waals surface area contributed by atoms with Gasteiger partial charge in [0.15, 0.2) is 0 Å². The molecule has 0 spiro atoms.